The summed E-state index contributed by atoms with van der Waals surface area (Å²) in [5.41, 5.74) is 3.06. The van der Waals surface area contributed by atoms with Gasteiger partial charge < -0.3 is 24.3 Å². The molecular formula is C36H36ClN3O6. The van der Waals surface area contributed by atoms with E-state index in [0.29, 0.717) is 42.2 Å². The zero-order valence-electron chi connectivity index (χ0n) is 25.7. The quantitative estimate of drug-likeness (QED) is 0.265. The van der Waals surface area contributed by atoms with Crippen molar-refractivity contribution in [1.82, 2.24) is 15.1 Å². The average molecular weight is 642 g/mol. The van der Waals surface area contributed by atoms with Gasteiger partial charge in [0.1, 0.15) is 17.4 Å². The second kappa shape index (κ2) is 13.8. The molecule has 4 aromatic rings. The minimum atomic E-state index is -0.898. The topological polar surface area (TPSA) is 109 Å². The molecule has 2 saturated heterocycles. The van der Waals surface area contributed by atoms with E-state index in [-0.39, 0.29) is 40.9 Å². The molecule has 1 atom stereocenters. The fourth-order valence-corrected chi connectivity index (χ4v) is 6.57. The molecule has 0 saturated carbocycles. The van der Waals surface area contributed by atoms with Crippen molar-refractivity contribution in [2.24, 2.45) is 0 Å². The molecule has 0 radical (unpaired) electrons. The number of halogens is 1. The van der Waals surface area contributed by atoms with E-state index in [1.807, 2.05) is 29.2 Å². The molecule has 0 aliphatic carbocycles. The molecule has 1 N–H and O–H groups in total. The van der Waals surface area contributed by atoms with Crippen LogP contribution in [0.1, 0.15) is 58.8 Å². The number of rotatable bonds is 9. The van der Waals surface area contributed by atoms with Gasteiger partial charge in [0.05, 0.1) is 12.5 Å². The normalized spacial score (nSPS) is 16.1. The number of amides is 3. The summed E-state index contributed by atoms with van der Waals surface area (Å²) in [6, 6.07) is 20.4. The molecule has 2 aliphatic rings. The first-order valence-corrected chi connectivity index (χ1v) is 16.0. The van der Waals surface area contributed by atoms with Crippen LogP contribution in [0.25, 0.3) is 11.0 Å². The summed E-state index contributed by atoms with van der Waals surface area (Å²) in [6.45, 7) is 2.45. The third-order valence-electron chi connectivity index (χ3n) is 8.95. The number of carbonyl (C=O) groups is 3. The van der Waals surface area contributed by atoms with Gasteiger partial charge in [0.25, 0.3) is 5.91 Å². The highest BCUT2D eigenvalue weighted by molar-refractivity contribution is 6.30. The second-order valence-corrected chi connectivity index (χ2v) is 12.3. The Kier molecular flexibility index (Phi) is 9.40. The highest BCUT2D eigenvalue weighted by Gasteiger charge is 2.32. The number of methoxy groups -OCH3 is 1. The van der Waals surface area contributed by atoms with Crippen molar-refractivity contribution in [2.45, 2.75) is 50.6 Å². The lowest BCUT2D eigenvalue weighted by molar-refractivity contribution is -0.134. The molecular weight excluding hydrogens is 606 g/mol. The van der Waals surface area contributed by atoms with Crippen LogP contribution < -0.4 is 15.5 Å². The predicted octanol–water partition coefficient (Wildman–Crippen LogP) is 5.32. The number of carbonyl (C=O) groups excluding carboxylic acids is 3. The van der Waals surface area contributed by atoms with Crippen LogP contribution in [0.15, 0.2) is 82.0 Å². The SMILES string of the molecule is COc1ccc2c(=O)cc(C(=O)N[C@@H](Cc3ccc(Cl)cc3)C(=O)N3CCC(c4ccccc4CN4CCCC4=O)CC3)oc2c1. The Hall–Kier alpha value is -4.63. The summed E-state index contributed by atoms with van der Waals surface area (Å²) in [4.78, 5) is 56.3. The fourth-order valence-electron chi connectivity index (χ4n) is 6.44. The van der Waals surface area contributed by atoms with E-state index in [2.05, 4.69) is 17.4 Å². The van der Waals surface area contributed by atoms with Gasteiger partial charge in [0.15, 0.2) is 11.2 Å². The molecule has 3 amide bonds. The highest BCUT2D eigenvalue weighted by atomic mass is 35.5. The van der Waals surface area contributed by atoms with E-state index in [0.717, 1.165) is 43.0 Å². The summed E-state index contributed by atoms with van der Waals surface area (Å²) >= 11 is 6.10. The van der Waals surface area contributed by atoms with Gasteiger partial charge in [-0.2, -0.15) is 0 Å². The third-order valence-corrected chi connectivity index (χ3v) is 9.20. The zero-order valence-corrected chi connectivity index (χ0v) is 26.4. The van der Waals surface area contributed by atoms with E-state index in [1.54, 1.807) is 35.2 Å². The van der Waals surface area contributed by atoms with Crippen LogP contribution in [0.5, 0.6) is 5.75 Å². The average Bonchev–Trinajstić information content (AvgIpc) is 3.48. The van der Waals surface area contributed by atoms with E-state index in [1.165, 1.54) is 12.7 Å². The van der Waals surface area contributed by atoms with Crippen molar-refractivity contribution >= 4 is 40.3 Å². The molecule has 3 heterocycles. The first-order valence-electron chi connectivity index (χ1n) is 15.6. The lowest BCUT2D eigenvalue weighted by Crippen LogP contribution is -2.51. The number of benzene rings is 3. The van der Waals surface area contributed by atoms with Crippen LogP contribution in [0.3, 0.4) is 0 Å². The van der Waals surface area contributed by atoms with Crippen LogP contribution in [0.4, 0.5) is 0 Å². The van der Waals surface area contributed by atoms with Gasteiger partial charge in [0.2, 0.25) is 11.8 Å². The van der Waals surface area contributed by atoms with Crippen molar-refractivity contribution in [2.75, 3.05) is 26.7 Å². The predicted molar refractivity (Wildman–Crippen MR) is 175 cm³/mol. The minimum Gasteiger partial charge on any atom is -0.497 e. The Labute approximate surface area is 272 Å². The van der Waals surface area contributed by atoms with Crippen LogP contribution in [0.2, 0.25) is 5.02 Å². The Morgan fingerprint density at radius 2 is 1.76 bits per heavy atom. The lowest BCUT2D eigenvalue weighted by Gasteiger charge is -2.35. The number of hydrogen-bond donors (Lipinski definition) is 1. The Balaban J connectivity index is 1.19. The molecule has 238 valence electrons. The van der Waals surface area contributed by atoms with Crippen molar-refractivity contribution in [3.05, 3.63) is 110 Å². The maximum atomic E-state index is 14.0. The second-order valence-electron chi connectivity index (χ2n) is 11.9. The van der Waals surface area contributed by atoms with Crippen LogP contribution in [-0.4, -0.2) is 60.3 Å². The smallest absolute Gasteiger partial charge is 0.287 e. The molecule has 3 aromatic carbocycles. The molecule has 0 bridgehead atoms. The van der Waals surface area contributed by atoms with Gasteiger partial charge in [-0.3, -0.25) is 19.2 Å². The van der Waals surface area contributed by atoms with E-state index in [9.17, 15) is 19.2 Å². The molecule has 46 heavy (non-hydrogen) atoms. The lowest BCUT2D eigenvalue weighted by atomic mass is 9.86. The summed E-state index contributed by atoms with van der Waals surface area (Å²) in [5, 5.41) is 3.74. The number of nitrogens with zero attached hydrogens (tertiary/aromatic N) is 2. The molecule has 10 heteroatoms. The number of likely N-dealkylation sites (tertiary alicyclic amines) is 2. The maximum Gasteiger partial charge on any atom is 0.287 e. The van der Waals surface area contributed by atoms with Gasteiger partial charge in [-0.1, -0.05) is 48.0 Å². The van der Waals surface area contributed by atoms with Crippen molar-refractivity contribution in [1.29, 1.82) is 0 Å². The Morgan fingerprint density at radius 3 is 2.48 bits per heavy atom. The maximum absolute atomic E-state index is 14.0. The van der Waals surface area contributed by atoms with Crippen molar-refractivity contribution < 1.29 is 23.5 Å². The highest BCUT2D eigenvalue weighted by Crippen LogP contribution is 2.32. The number of ether oxygens (including phenoxy) is 1. The molecule has 0 spiro atoms. The molecule has 0 unspecified atom stereocenters. The zero-order chi connectivity index (χ0) is 32.2. The summed E-state index contributed by atoms with van der Waals surface area (Å²) < 4.78 is 11.0. The van der Waals surface area contributed by atoms with Crippen LogP contribution >= 0.6 is 11.6 Å². The number of nitrogens with one attached hydrogen (secondary N) is 1. The third kappa shape index (κ3) is 6.94. The van der Waals surface area contributed by atoms with Gasteiger partial charge in [0, 0.05) is 56.2 Å². The Morgan fingerprint density at radius 1 is 1.00 bits per heavy atom. The summed E-state index contributed by atoms with van der Waals surface area (Å²) in [6.07, 6.45) is 3.27. The number of hydrogen-bond acceptors (Lipinski definition) is 6. The molecule has 1 aromatic heterocycles. The monoisotopic (exact) mass is 641 g/mol. The van der Waals surface area contributed by atoms with Crippen molar-refractivity contribution in [3.63, 3.8) is 0 Å². The largest absolute Gasteiger partial charge is 0.497 e. The molecule has 6 rings (SSSR count). The fraction of sp³-hybridized carbons (Fsp3) is 0.333. The van der Waals surface area contributed by atoms with Crippen LogP contribution in [-0.2, 0) is 22.6 Å². The number of fused-ring (bicyclic) bond motifs is 1. The van der Waals surface area contributed by atoms with Gasteiger partial charge in [-0.15, -0.1) is 0 Å². The van der Waals surface area contributed by atoms with E-state index >= 15 is 0 Å². The van der Waals surface area contributed by atoms with E-state index < -0.39 is 11.9 Å². The summed E-state index contributed by atoms with van der Waals surface area (Å²) in [5.74, 6) is -0.110. The standard InChI is InChI=1S/C36H36ClN3O6/c1-45-27-12-13-29-31(41)21-33(46-32(29)20-27)35(43)38-30(19-23-8-10-26(37)11-9-23)36(44)39-17-14-24(15-18-39)28-6-3-2-5-25(28)22-40-16-4-7-34(40)42/h2-3,5-6,8-13,20-21,24,30H,4,7,14-19,22H2,1H3,(H,38,43)/t30-/m0/s1. The molecule has 2 aliphatic heterocycles. The first kappa shape index (κ1) is 31.4. The van der Waals surface area contributed by atoms with Gasteiger partial charge >= 0.3 is 0 Å². The van der Waals surface area contributed by atoms with Gasteiger partial charge in [-0.25, -0.2) is 0 Å². The van der Waals surface area contributed by atoms with Crippen molar-refractivity contribution in [3.8, 4) is 5.75 Å². The van der Waals surface area contributed by atoms with E-state index in [4.69, 9.17) is 20.8 Å². The van der Waals surface area contributed by atoms with Gasteiger partial charge in [-0.05, 0) is 66.1 Å². The molecule has 2 fully saturated rings. The Bertz CT molecular complexity index is 1810. The minimum absolute atomic E-state index is 0.188. The summed E-state index contributed by atoms with van der Waals surface area (Å²) in [7, 11) is 1.50. The molecule has 9 nitrogen and oxygen atoms in total. The number of piperidine rings is 1. The van der Waals surface area contributed by atoms with Crippen LogP contribution in [0, 0.1) is 0 Å². The first-order chi connectivity index (χ1) is 22.3.